The summed E-state index contributed by atoms with van der Waals surface area (Å²) >= 11 is 9.50. The standard InChI is InChI=1S/C13H19BrClNO/c1-10(9-17)3-2-6-16-8-11-4-5-12(14)7-13(11)15/h4-5,7,10,16-17H,2-3,6,8-9H2,1H3. The van der Waals surface area contributed by atoms with Crippen molar-refractivity contribution in [1.82, 2.24) is 5.32 Å². The van der Waals surface area contributed by atoms with Crippen LogP contribution >= 0.6 is 27.5 Å². The van der Waals surface area contributed by atoms with Crippen molar-refractivity contribution in [3.8, 4) is 0 Å². The minimum Gasteiger partial charge on any atom is -0.396 e. The van der Waals surface area contributed by atoms with E-state index in [0.717, 1.165) is 41.0 Å². The quantitative estimate of drug-likeness (QED) is 0.752. The van der Waals surface area contributed by atoms with Crippen LogP contribution in [-0.2, 0) is 6.54 Å². The topological polar surface area (TPSA) is 32.3 Å². The maximum absolute atomic E-state index is 8.89. The van der Waals surface area contributed by atoms with E-state index in [1.165, 1.54) is 0 Å². The third kappa shape index (κ3) is 5.87. The van der Waals surface area contributed by atoms with E-state index in [-0.39, 0.29) is 6.61 Å². The number of hydrogen-bond donors (Lipinski definition) is 2. The second-order valence-electron chi connectivity index (χ2n) is 4.34. The molecule has 1 rings (SSSR count). The average Bonchev–Trinajstić information content (AvgIpc) is 2.30. The minimum atomic E-state index is 0.276. The zero-order valence-electron chi connectivity index (χ0n) is 10.0. The summed E-state index contributed by atoms with van der Waals surface area (Å²) in [5.41, 5.74) is 1.12. The summed E-state index contributed by atoms with van der Waals surface area (Å²) in [6.07, 6.45) is 2.13. The molecule has 0 radical (unpaired) electrons. The van der Waals surface area contributed by atoms with Crippen LogP contribution in [0.2, 0.25) is 5.02 Å². The maximum Gasteiger partial charge on any atom is 0.0462 e. The van der Waals surface area contributed by atoms with E-state index in [2.05, 4.69) is 28.2 Å². The molecule has 1 unspecified atom stereocenters. The average molecular weight is 321 g/mol. The van der Waals surface area contributed by atoms with Gasteiger partial charge in [0, 0.05) is 22.6 Å². The lowest BCUT2D eigenvalue weighted by atomic mass is 10.1. The lowest BCUT2D eigenvalue weighted by molar-refractivity contribution is 0.228. The first-order valence-electron chi connectivity index (χ1n) is 5.89. The van der Waals surface area contributed by atoms with Crippen LogP contribution in [0.4, 0.5) is 0 Å². The highest BCUT2D eigenvalue weighted by atomic mass is 79.9. The van der Waals surface area contributed by atoms with Gasteiger partial charge in [0.25, 0.3) is 0 Å². The molecule has 0 amide bonds. The van der Waals surface area contributed by atoms with Crippen LogP contribution in [0.25, 0.3) is 0 Å². The molecule has 1 aromatic carbocycles. The number of halogens is 2. The molecule has 0 aliphatic carbocycles. The highest BCUT2D eigenvalue weighted by Crippen LogP contribution is 2.21. The molecule has 0 saturated carbocycles. The Hall–Kier alpha value is -0.0900. The van der Waals surface area contributed by atoms with Crippen LogP contribution in [-0.4, -0.2) is 18.3 Å². The molecule has 96 valence electrons. The molecule has 0 fully saturated rings. The predicted octanol–water partition coefficient (Wildman–Crippen LogP) is 3.60. The van der Waals surface area contributed by atoms with E-state index >= 15 is 0 Å². The molecular weight excluding hydrogens is 302 g/mol. The van der Waals surface area contributed by atoms with Crippen LogP contribution in [0.5, 0.6) is 0 Å². The van der Waals surface area contributed by atoms with Crippen molar-refractivity contribution >= 4 is 27.5 Å². The van der Waals surface area contributed by atoms with Gasteiger partial charge in [-0.15, -0.1) is 0 Å². The van der Waals surface area contributed by atoms with Gasteiger partial charge in [0.15, 0.2) is 0 Å². The van der Waals surface area contributed by atoms with Crippen molar-refractivity contribution in [3.05, 3.63) is 33.3 Å². The predicted molar refractivity (Wildman–Crippen MR) is 76.3 cm³/mol. The van der Waals surface area contributed by atoms with E-state index in [4.69, 9.17) is 16.7 Å². The van der Waals surface area contributed by atoms with Crippen LogP contribution in [0.3, 0.4) is 0 Å². The first-order valence-corrected chi connectivity index (χ1v) is 7.06. The molecule has 0 bridgehead atoms. The normalized spacial score (nSPS) is 12.7. The maximum atomic E-state index is 8.89. The van der Waals surface area contributed by atoms with Crippen LogP contribution in [0.1, 0.15) is 25.3 Å². The number of rotatable bonds is 7. The molecule has 0 aliphatic heterocycles. The van der Waals surface area contributed by atoms with E-state index < -0.39 is 0 Å². The van der Waals surface area contributed by atoms with Gasteiger partial charge in [-0.05, 0) is 43.0 Å². The molecule has 17 heavy (non-hydrogen) atoms. The Bertz CT molecular complexity index is 346. The first kappa shape index (κ1) is 15.0. The minimum absolute atomic E-state index is 0.276. The van der Waals surface area contributed by atoms with E-state index in [1.54, 1.807) is 0 Å². The fourth-order valence-electron chi connectivity index (χ4n) is 1.55. The third-order valence-electron chi connectivity index (χ3n) is 2.69. The summed E-state index contributed by atoms with van der Waals surface area (Å²) in [7, 11) is 0. The fourth-order valence-corrected chi connectivity index (χ4v) is 2.30. The molecular formula is C13H19BrClNO. The summed E-state index contributed by atoms with van der Waals surface area (Å²) in [4.78, 5) is 0. The molecule has 1 atom stereocenters. The lowest BCUT2D eigenvalue weighted by Crippen LogP contribution is -2.16. The molecule has 0 heterocycles. The second-order valence-corrected chi connectivity index (χ2v) is 5.67. The largest absolute Gasteiger partial charge is 0.396 e. The number of hydrogen-bond acceptors (Lipinski definition) is 2. The fraction of sp³-hybridized carbons (Fsp3) is 0.538. The van der Waals surface area contributed by atoms with Gasteiger partial charge < -0.3 is 10.4 Å². The summed E-state index contributed by atoms with van der Waals surface area (Å²) in [6.45, 7) is 4.08. The Balaban J connectivity index is 2.22. The van der Waals surface area contributed by atoms with Crippen molar-refractivity contribution in [1.29, 1.82) is 0 Å². The SMILES string of the molecule is CC(CO)CCCNCc1ccc(Br)cc1Cl. The Morgan fingerprint density at radius 2 is 2.24 bits per heavy atom. The molecule has 2 nitrogen and oxygen atoms in total. The van der Waals surface area contributed by atoms with Gasteiger partial charge in [0.2, 0.25) is 0 Å². The summed E-state index contributed by atoms with van der Waals surface area (Å²) in [6, 6.07) is 5.93. The molecule has 1 aromatic rings. The molecule has 2 N–H and O–H groups in total. The summed E-state index contributed by atoms with van der Waals surface area (Å²) < 4.78 is 1.00. The summed E-state index contributed by atoms with van der Waals surface area (Å²) in [5, 5.41) is 13.0. The van der Waals surface area contributed by atoms with Gasteiger partial charge in [-0.25, -0.2) is 0 Å². The first-order chi connectivity index (χ1) is 8.13. The van der Waals surface area contributed by atoms with Crippen LogP contribution in [0, 0.1) is 5.92 Å². The van der Waals surface area contributed by atoms with Gasteiger partial charge in [-0.2, -0.15) is 0 Å². The van der Waals surface area contributed by atoms with Gasteiger partial charge in [0.05, 0.1) is 0 Å². The molecule has 4 heteroatoms. The molecule has 0 saturated heterocycles. The van der Waals surface area contributed by atoms with Crippen LogP contribution < -0.4 is 5.32 Å². The molecule has 0 aromatic heterocycles. The number of aliphatic hydroxyl groups excluding tert-OH is 1. The Kier molecular flexibility index (Phi) is 7.12. The van der Waals surface area contributed by atoms with E-state index in [9.17, 15) is 0 Å². The zero-order chi connectivity index (χ0) is 12.7. The molecule has 0 aliphatic rings. The van der Waals surface area contributed by atoms with Crippen molar-refractivity contribution in [2.75, 3.05) is 13.2 Å². The Morgan fingerprint density at radius 1 is 1.47 bits per heavy atom. The molecule has 0 spiro atoms. The number of aliphatic hydroxyl groups is 1. The van der Waals surface area contributed by atoms with Crippen molar-refractivity contribution in [3.63, 3.8) is 0 Å². The van der Waals surface area contributed by atoms with Crippen molar-refractivity contribution in [2.45, 2.75) is 26.3 Å². The van der Waals surface area contributed by atoms with Gasteiger partial charge in [-0.3, -0.25) is 0 Å². The smallest absolute Gasteiger partial charge is 0.0462 e. The lowest BCUT2D eigenvalue weighted by Gasteiger charge is -2.09. The Morgan fingerprint density at radius 3 is 2.88 bits per heavy atom. The number of benzene rings is 1. The van der Waals surface area contributed by atoms with Gasteiger partial charge >= 0.3 is 0 Å². The van der Waals surface area contributed by atoms with Crippen molar-refractivity contribution < 1.29 is 5.11 Å². The van der Waals surface area contributed by atoms with E-state index in [1.807, 2.05) is 18.2 Å². The van der Waals surface area contributed by atoms with Crippen LogP contribution in [0.15, 0.2) is 22.7 Å². The number of nitrogens with one attached hydrogen (secondary N) is 1. The summed E-state index contributed by atoms with van der Waals surface area (Å²) in [5.74, 6) is 0.396. The van der Waals surface area contributed by atoms with Gasteiger partial charge in [-0.1, -0.05) is 40.5 Å². The van der Waals surface area contributed by atoms with E-state index in [0.29, 0.717) is 5.92 Å². The monoisotopic (exact) mass is 319 g/mol. The highest BCUT2D eigenvalue weighted by molar-refractivity contribution is 9.10. The second kappa shape index (κ2) is 8.09. The zero-order valence-corrected chi connectivity index (χ0v) is 12.4. The third-order valence-corrected chi connectivity index (χ3v) is 3.54. The van der Waals surface area contributed by atoms with Gasteiger partial charge in [0.1, 0.15) is 0 Å². The highest BCUT2D eigenvalue weighted by Gasteiger charge is 2.01. The Labute approximate surface area is 117 Å². The van der Waals surface area contributed by atoms with Crippen molar-refractivity contribution in [2.24, 2.45) is 5.92 Å².